The lowest BCUT2D eigenvalue weighted by Crippen LogP contribution is -2.39. The number of H-pyrrole nitrogens is 1. The van der Waals surface area contributed by atoms with Gasteiger partial charge in [0.2, 0.25) is 6.29 Å². The van der Waals surface area contributed by atoms with E-state index in [2.05, 4.69) is 38.0 Å². The van der Waals surface area contributed by atoms with E-state index in [-0.39, 0.29) is 24.6 Å². The van der Waals surface area contributed by atoms with Gasteiger partial charge >= 0.3 is 12.1 Å². The zero-order chi connectivity index (χ0) is 37.9. The van der Waals surface area contributed by atoms with Gasteiger partial charge in [-0.2, -0.15) is 5.10 Å². The minimum Gasteiger partial charge on any atom is -0.431 e. The summed E-state index contributed by atoms with van der Waals surface area (Å²) >= 11 is 6.46. The van der Waals surface area contributed by atoms with E-state index in [0.29, 0.717) is 23.8 Å². The van der Waals surface area contributed by atoms with E-state index in [1.165, 1.54) is 6.92 Å². The zero-order valence-corrected chi connectivity index (χ0v) is 31.0. The summed E-state index contributed by atoms with van der Waals surface area (Å²) < 4.78 is 17.8. The van der Waals surface area contributed by atoms with Crippen LogP contribution in [0.5, 0.6) is 0 Å². The fourth-order valence-electron chi connectivity index (χ4n) is 6.50. The van der Waals surface area contributed by atoms with E-state index in [9.17, 15) is 14.4 Å². The molecule has 1 aliphatic rings. The number of ether oxygens (including phenoxy) is 3. The third kappa shape index (κ3) is 10.3. The van der Waals surface area contributed by atoms with Crippen LogP contribution in [0.4, 0.5) is 4.79 Å². The van der Waals surface area contributed by atoms with Gasteiger partial charge in [0.05, 0.1) is 18.7 Å². The standard InChI is InChI=1S/C39H43ClN8O6/c1-3-11-29-22-35(45-48(29)24-26-18-19-34(41-23-26)31-15-8-9-16-32(31)37-43-46-47-44-37)38(50)42-28(20-27-12-7-10-17-33(27)40)21-36(49)52-25(2)53-39(51)54-30-13-5-4-6-14-30/h7-10,12,15-19,22-23,25,28,30H,3-6,11,13-14,20-21,24H2,1-2H3,(H,42,50)(H,43,44,46,47). The highest BCUT2D eigenvalue weighted by atomic mass is 35.5. The number of carbonyl (C=O) groups excluding carboxylic acids is 3. The fraction of sp³-hybridized carbons (Fsp3) is 0.385. The Bertz CT molecular complexity index is 2010. The molecule has 2 aromatic carbocycles. The molecule has 1 amide bonds. The maximum Gasteiger partial charge on any atom is 0.511 e. The molecule has 15 heteroatoms. The van der Waals surface area contributed by atoms with Gasteiger partial charge in [0.25, 0.3) is 5.91 Å². The first kappa shape index (κ1) is 38.1. The van der Waals surface area contributed by atoms with Crippen molar-refractivity contribution in [2.24, 2.45) is 0 Å². The highest BCUT2D eigenvalue weighted by molar-refractivity contribution is 6.31. The van der Waals surface area contributed by atoms with Crippen molar-refractivity contribution in [2.45, 2.75) is 96.6 Å². The molecule has 1 aliphatic carbocycles. The van der Waals surface area contributed by atoms with Crippen molar-refractivity contribution in [1.82, 2.24) is 40.7 Å². The lowest BCUT2D eigenvalue weighted by molar-refractivity contribution is -0.169. The number of aryl methyl sites for hydroxylation is 1. The molecule has 2 N–H and O–H groups in total. The second kappa shape index (κ2) is 18.4. The largest absolute Gasteiger partial charge is 0.511 e. The van der Waals surface area contributed by atoms with Gasteiger partial charge in [0, 0.05) is 41.0 Å². The van der Waals surface area contributed by atoms with E-state index in [0.717, 1.165) is 72.2 Å². The quantitative estimate of drug-likeness (QED) is 0.0841. The molecule has 3 aromatic heterocycles. The molecule has 54 heavy (non-hydrogen) atoms. The van der Waals surface area contributed by atoms with Crippen molar-refractivity contribution in [3.05, 3.63) is 100 Å². The van der Waals surface area contributed by atoms with E-state index in [1.807, 2.05) is 48.5 Å². The van der Waals surface area contributed by atoms with E-state index >= 15 is 0 Å². The monoisotopic (exact) mass is 754 g/mol. The number of nitrogens with one attached hydrogen (secondary N) is 2. The van der Waals surface area contributed by atoms with Gasteiger partial charge in [-0.15, -0.1) is 5.10 Å². The lowest BCUT2D eigenvalue weighted by Gasteiger charge is -2.23. The molecule has 6 rings (SSSR count). The predicted molar refractivity (Wildman–Crippen MR) is 199 cm³/mol. The number of tetrazole rings is 1. The summed E-state index contributed by atoms with van der Waals surface area (Å²) in [7, 11) is 0. The van der Waals surface area contributed by atoms with Crippen LogP contribution in [0.15, 0.2) is 72.9 Å². The van der Waals surface area contributed by atoms with Gasteiger partial charge in [-0.25, -0.2) is 9.89 Å². The smallest absolute Gasteiger partial charge is 0.431 e. The Morgan fingerprint density at radius 2 is 1.78 bits per heavy atom. The lowest BCUT2D eigenvalue weighted by atomic mass is 9.98. The molecule has 0 aliphatic heterocycles. The summed E-state index contributed by atoms with van der Waals surface area (Å²) in [6, 6.07) is 19.9. The number of aromatic amines is 1. The van der Waals surface area contributed by atoms with Crippen LogP contribution < -0.4 is 5.32 Å². The number of carbonyl (C=O) groups is 3. The number of pyridine rings is 1. The summed E-state index contributed by atoms with van der Waals surface area (Å²) in [6.07, 6.45) is 5.78. The van der Waals surface area contributed by atoms with Crippen LogP contribution in [0.25, 0.3) is 22.6 Å². The molecule has 1 saturated carbocycles. The predicted octanol–water partition coefficient (Wildman–Crippen LogP) is 6.89. The van der Waals surface area contributed by atoms with E-state index < -0.39 is 30.4 Å². The number of esters is 1. The summed E-state index contributed by atoms with van der Waals surface area (Å²) in [4.78, 5) is 43.8. The maximum atomic E-state index is 13.7. The van der Waals surface area contributed by atoms with Crippen LogP contribution in [-0.2, 0) is 38.4 Å². The van der Waals surface area contributed by atoms with Gasteiger partial charge in [0.1, 0.15) is 11.8 Å². The van der Waals surface area contributed by atoms with Gasteiger partial charge in [-0.05, 0) is 78.3 Å². The van der Waals surface area contributed by atoms with Gasteiger partial charge < -0.3 is 19.5 Å². The van der Waals surface area contributed by atoms with Crippen molar-refractivity contribution in [3.63, 3.8) is 0 Å². The molecule has 0 radical (unpaired) electrons. The SMILES string of the molecule is CCCc1cc(C(=O)NC(CC(=O)OC(C)OC(=O)OC2CCCCC2)Cc2ccccc2Cl)nn1Cc1ccc(-c2ccccc2-c2nnn[nH]2)nc1. The Kier molecular flexibility index (Phi) is 13.0. The highest BCUT2D eigenvalue weighted by Gasteiger charge is 2.25. The van der Waals surface area contributed by atoms with Crippen molar-refractivity contribution in [2.75, 3.05) is 0 Å². The Morgan fingerprint density at radius 1 is 1.00 bits per heavy atom. The molecule has 282 valence electrons. The fourth-order valence-corrected chi connectivity index (χ4v) is 6.71. The Hall–Kier alpha value is -5.63. The van der Waals surface area contributed by atoms with Gasteiger partial charge in [0.15, 0.2) is 5.82 Å². The van der Waals surface area contributed by atoms with Crippen molar-refractivity contribution < 1.29 is 28.6 Å². The minimum atomic E-state index is -1.18. The summed E-state index contributed by atoms with van der Waals surface area (Å²) in [5.74, 6) is -0.578. The van der Waals surface area contributed by atoms with Crippen molar-refractivity contribution in [3.8, 4) is 22.6 Å². The first-order valence-corrected chi connectivity index (χ1v) is 18.6. The molecular weight excluding hydrogens is 712 g/mol. The van der Waals surface area contributed by atoms with Crippen LogP contribution in [-0.4, -0.2) is 71.9 Å². The number of rotatable bonds is 15. The second-order valence-corrected chi connectivity index (χ2v) is 13.7. The topological polar surface area (TPSA) is 176 Å². The van der Waals surface area contributed by atoms with Crippen LogP contribution in [0.1, 0.15) is 86.1 Å². The molecule has 3 heterocycles. The maximum absolute atomic E-state index is 13.7. The second-order valence-electron chi connectivity index (χ2n) is 13.2. The number of amides is 1. The third-order valence-electron chi connectivity index (χ3n) is 9.11. The Morgan fingerprint density at radius 3 is 2.50 bits per heavy atom. The van der Waals surface area contributed by atoms with Crippen LogP contribution in [0.2, 0.25) is 5.02 Å². The molecule has 5 aromatic rings. The van der Waals surface area contributed by atoms with Crippen LogP contribution in [0, 0.1) is 0 Å². The number of halogens is 1. The number of benzene rings is 2. The van der Waals surface area contributed by atoms with Gasteiger partial charge in [-0.3, -0.25) is 19.3 Å². The average Bonchev–Trinajstić information content (AvgIpc) is 3.84. The number of aromatic nitrogens is 7. The molecular formula is C39H43ClN8O6. The molecule has 14 nitrogen and oxygen atoms in total. The third-order valence-corrected chi connectivity index (χ3v) is 9.48. The minimum absolute atomic E-state index is 0.194. The average molecular weight is 755 g/mol. The number of hydrogen-bond donors (Lipinski definition) is 2. The molecule has 1 fully saturated rings. The first-order chi connectivity index (χ1) is 26.2. The molecule has 2 unspecified atom stereocenters. The molecule has 0 spiro atoms. The summed E-state index contributed by atoms with van der Waals surface area (Å²) in [5.41, 5.74) is 5.17. The number of nitrogens with zero attached hydrogens (tertiary/aromatic N) is 6. The van der Waals surface area contributed by atoms with E-state index in [1.54, 1.807) is 29.1 Å². The molecule has 0 saturated heterocycles. The van der Waals surface area contributed by atoms with Crippen LogP contribution in [0.3, 0.4) is 0 Å². The summed E-state index contributed by atoms with van der Waals surface area (Å²) in [6.45, 7) is 3.89. The first-order valence-electron chi connectivity index (χ1n) is 18.2. The van der Waals surface area contributed by atoms with E-state index in [4.69, 9.17) is 30.8 Å². The molecule has 2 atom stereocenters. The molecule has 0 bridgehead atoms. The van der Waals surface area contributed by atoms with Crippen LogP contribution >= 0.6 is 11.6 Å². The van der Waals surface area contributed by atoms with Gasteiger partial charge in [-0.1, -0.05) is 79.9 Å². The Balaban J connectivity index is 1.12. The highest BCUT2D eigenvalue weighted by Crippen LogP contribution is 2.28. The Labute approximate surface area is 318 Å². The van der Waals surface area contributed by atoms with Crippen molar-refractivity contribution >= 4 is 29.6 Å². The zero-order valence-electron chi connectivity index (χ0n) is 30.2. The summed E-state index contributed by atoms with van der Waals surface area (Å²) in [5, 5.41) is 22.4. The number of hydrogen-bond acceptors (Lipinski definition) is 11. The van der Waals surface area contributed by atoms with Crippen molar-refractivity contribution in [1.29, 1.82) is 0 Å². The normalized spacial score (nSPS) is 14.2.